The Kier molecular flexibility index (Phi) is 3.71. The van der Waals surface area contributed by atoms with E-state index in [2.05, 4.69) is 10.2 Å². The summed E-state index contributed by atoms with van der Waals surface area (Å²) in [7, 11) is 0. The normalized spacial score (nSPS) is 23.5. The molecule has 6 heteroatoms. The van der Waals surface area contributed by atoms with Crippen LogP contribution in [0.5, 0.6) is 0 Å². The van der Waals surface area contributed by atoms with Crippen molar-refractivity contribution in [2.75, 3.05) is 13.1 Å². The van der Waals surface area contributed by atoms with Crippen molar-refractivity contribution in [3.05, 3.63) is 27.2 Å². The molecule has 0 aliphatic carbocycles. The van der Waals surface area contributed by atoms with Crippen molar-refractivity contribution in [2.24, 2.45) is 5.92 Å². The van der Waals surface area contributed by atoms with Crippen molar-refractivity contribution >= 4 is 5.91 Å². The standard InChI is InChI=1S/C13H19N3O3/c1-7-4-5-16(6-10(7)17)13(19)11-8(2)9(3)14-15-12(11)18/h7,10,17H,4-6H2,1-3H3,(H,15,18). The van der Waals surface area contributed by atoms with Gasteiger partial charge in [-0.2, -0.15) is 5.10 Å². The van der Waals surface area contributed by atoms with E-state index >= 15 is 0 Å². The summed E-state index contributed by atoms with van der Waals surface area (Å²) in [6.45, 7) is 6.27. The number of aromatic amines is 1. The molecule has 104 valence electrons. The summed E-state index contributed by atoms with van der Waals surface area (Å²) in [5.41, 5.74) is 0.895. The van der Waals surface area contributed by atoms with Crippen LogP contribution in [0.15, 0.2) is 4.79 Å². The number of hydrogen-bond donors (Lipinski definition) is 2. The number of aliphatic hydroxyl groups is 1. The third-order valence-corrected chi connectivity index (χ3v) is 3.89. The zero-order valence-electron chi connectivity index (χ0n) is 11.4. The monoisotopic (exact) mass is 265 g/mol. The number of aromatic nitrogens is 2. The molecule has 19 heavy (non-hydrogen) atoms. The van der Waals surface area contributed by atoms with Crippen LogP contribution in [-0.4, -0.2) is 45.3 Å². The van der Waals surface area contributed by atoms with Crippen molar-refractivity contribution < 1.29 is 9.90 Å². The van der Waals surface area contributed by atoms with E-state index in [-0.39, 0.29) is 23.9 Å². The van der Waals surface area contributed by atoms with Crippen molar-refractivity contribution in [1.29, 1.82) is 0 Å². The molecule has 2 N–H and O–H groups in total. The molecule has 0 bridgehead atoms. The van der Waals surface area contributed by atoms with Crippen molar-refractivity contribution in [1.82, 2.24) is 15.1 Å². The van der Waals surface area contributed by atoms with Gasteiger partial charge in [0, 0.05) is 13.1 Å². The van der Waals surface area contributed by atoms with Gasteiger partial charge in [-0.3, -0.25) is 9.59 Å². The predicted molar refractivity (Wildman–Crippen MR) is 70.0 cm³/mol. The van der Waals surface area contributed by atoms with E-state index in [4.69, 9.17) is 0 Å². The number of amides is 1. The van der Waals surface area contributed by atoms with Crippen LogP contribution in [0.2, 0.25) is 0 Å². The minimum atomic E-state index is -0.528. The van der Waals surface area contributed by atoms with Gasteiger partial charge < -0.3 is 10.0 Å². The number of likely N-dealkylation sites (tertiary alicyclic amines) is 1. The summed E-state index contributed by atoms with van der Waals surface area (Å²) in [5, 5.41) is 16.0. The second-order valence-electron chi connectivity index (χ2n) is 5.22. The van der Waals surface area contributed by atoms with Crippen LogP contribution in [0.1, 0.15) is 35.0 Å². The van der Waals surface area contributed by atoms with E-state index in [0.29, 0.717) is 17.8 Å². The maximum absolute atomic E-state index is 12.4. The predicted octanol–water partition coefficient (Wildman–Crippen LogP) is 0.230. The Balaban J connectivity index is 2.31. The van der Waals surface area contributed by atoms with Gasteiger partial charge in [0.2, 0.25) is 0 Å². The summed E-state index contributed by atoms with van der Waals surface area (Å²) in [6, 6.07) is 0. The molecule has 1 amide bonds. The van der Waals surface area contributed by atoms with Crippen molar-refractivity contribution in [3.8, 4) is 0 Å². The lowest BCUT2D eigenvalue weighted by Crippen LogP contribution is -2.47. The molecule has 0 saturated carbocycles. The molecule has 2 unspecified atom stereocenters. The van der Waals surface area contributed by atoms with Crippen LogP contribution in [-0.2, 0) is 0 Å². The minimum absolute atomic E-state index is 0.134. The Bertz CT molecular complexity index is 553. The quantitative estimate of drug-likeness (QED) is 0.761. The molecular weight excluding hydrogens is 246 g/mol. The van der Waals surface area contributed by atoms with Gasteiger partial charge in [0.05, 0.1) is 11.8 Å². The molecule has 1 aliphatic rings. The largest absolute Gasteiger partial charge is 0.391 e. The zero-order chi connectivity index (χ0) is 14.2. The number of nitrogens with one attached hydrogen (secondary N) is 1. The average Bonchev–Trinajstić information content (AvgIpc) is 2.37. The van der Waals surface area contributed by atoms with E-state index in [0.717, 1.165) is 6.42 Å². The highest BCUT2D eigenvalue weighted by Crippen LogP contribution is 2.19. The first-order valence-corrected chi connectivity index (χ1v) is 6.45. The molecule has 2 rings (SSSR count). The van der Waals surface area contributed by atoms with Crippen molar-refractivity contribution in [3.63, 3.8) is 0 Å². The first-order chi connectivity index (χ1) is 8.91. The van der Waals surface area contributed by atoms with Gasteiger partial charge in [0.25, 0.3) is 11.5 Å². The lowest BCUT2D eigenvalue weighted by Gasteiger charge is -2.34. The molecule has 0 spiro atoms. The van der Waals surface area contributed by atoms with E-state index in [1.807, 2.05) is 6.92 Å². The van der Waals surface area contributed by atoms with E-state index < -0.39 is 11.7 Å². The second kappa shape index (κ2) is 5.13. The number of carbonyl (C=O) groups excluding carboxylic acids is 1. The fraction of sp³-hybridized carbons (Fsp3) is 0.615. The molecular formula is C13H19N3O3. The van der Waals surface area contributed by atoms with E-state index in [1.165, 1.54) is 0 Å². The van der Waals surface area contributed by atoms with Crippen LogP contribution in [0, 0.1) is 19.8 Å². The van der Waals surface area contributed by atoms with Gasteiger partial charge in [0.1, 0.15) is 5.56 Å². The SMILES string of the molecule is Cc1n[nH]c(=O)c(C(=O)N2CCC(C)C(O)C2)c1C. The summed E-state index contributed by atoms with van der Waals surface area (Å²) in [4.78, 5) is 25.8. The first-order valence-electron chi connectivity index (χ1n) is 6.45. The topological polar surface area (TPSA) is 86.3 Å². The van der Waals surface area contributed by atoms with Crippen LogP contribution in [0.25, 0.3) is 0 Å². The summed E-state index contributed by atoms with van der Waals surface area (Å²) < 4.78 is 0. The highest BCUT2D eigenvalue weighted by atomic mass is 16.3. The van der Waals surface area contributed by atoms with Crippen LogP contribution >= 0.6 is 0 Å². The maximum Gasteiger partial charge on any atom is 0.277 e. The maximum atomic E-state index is 12.4. The number of aryl methyl sites for hydroxylation is 1. The molecule has 1 aromatic heterocycles. The van der Waals surface area contributed by atoms with Crippen LogP contribution in [0.3, 0.4) is 0 Å². The summed E-state index contributed by atoms with van der Waals surface area (Å²) >= 11 is 0. The second-order valence-corrected chi connectivity index (χ2v) is 5.22. The molecule has 2 atom stereocenters. The molecule has 0 aromatic carbocycles. The highest BCUT2D eigenvalue weighted by molar-refractivity contribution is 5.95. The van der Waals surface area contributed by atoms with Crippen molar-refractivity contribution in [2.45, 2.75) is 33.3 Å². The molecule has 0 radical (unpaired) electrons. The lowest BCUT2D eigenvalue weighted by molar-refractivity contribution is 0.0247. The van der Waals surface area contributed by atoms with Gasteiger partial charge in [0.15, 0.2) is 0 Å². The Morgan fingerprint density at radius 2 is 2.16 bits per heavy atom. The number of piperidine rings is 1. The fourth-order valence-electron chi connectivity index (χ4n) is 2.27. The highest BCUT2D eigenvalue weighted by Gasteiger charge is 2.30. The Labute approximate surface area is 111 Å². The third-order valence-electron chi connectivity index (χ3n) is 3.89. The molecule has 2 heterocycles. The van der Waals surface area contributed by atoms with Gasteiger partial charge in [-0.05, 0) is 31.7 Å². The van der Waals surface area contributed by atoms with Crippen LogP contribution in [0.4, 0.5) is 0 Å². The van der Waals surface area contributed by atoms with Gasteiger partial charge in [-0.1, -0.05) is 6.92 Å². The number of hydrogen-bond acceptors (Lipinski definition) is 4. The van der Waals surface area contributed by atoms with Gasteiger partial charge in [-0.15, -0.1) is 0 Å². The Hall–Kier alpha value is -1.69. The summed E-state index contributed by atoms with van der Waals surface area (Å²) in [5.74, 6) is -0.141. The number of H-pyrrole nitrogens is 1. The van der Waals surface area contributed by atoms with E-state index in [1.54, 1.807) is 18.7 Å². The Morgan fingerprint density at radius 3 is 2.79 bits per heavy atom. The third kappa shape index (κ3) is 2.53. The van der Waals surface area contributed by atoms with Gasteiger partial charge >= 0.3 is 0 Å². The average molecular weight is 265 g/mol. The lowest BCUT2D eigenvalue weighted by atomic mass is 9.95. The Morgan fingerprint density at radius 1 is 1.47 bits per heavy atom. The number of aliphatic hydroxyl groups excluding tert-OH is 1. The first kappa shape index (κ1) is 13.7. The molecule has 1 aliphatic heterocycles. The smallest absolute Gasteiger partial charge is 0.277 e. The number of carbonyl (C=O) groups is 1. The number of β-amino-alcohol motifs (C(OH)–C–C–N with tert-alkyl or cyclic N) is 1. The van der Waals surface area contributed by atoms with Crippen LogP contribution < -0.4 is 5.56 Å². The zero-order valence-corrected chi connectivity index (χ0v) is 11.4. The van der Waals surface area contributed by atoms with Gasteiger partial charge in [-0.25, -0.2) is 5.10 Å². The minimum Gasteiger partial charge on any atom is -0.391 e. The van der Waals surface area contributed by atoms with E-state index in [9.17, 15) is 14.7 Å². The molecule has 1 fully saturated rings. The molecule has 6 nitrogen and oxygen atoms in total. The summed E-state index contributed by atoms with van der Waals surface area (Å²) in [6.07, 6.45) is 0.216. The molecule has 1 aromatic rings. The number of rotatable bonds is 1. The molecule has 1 saturated heterocycles. The fourth-order valence-corrected chi connectivity index (χ4v) is 2.27. The number of nitrogens with zero attached hydrogens (tertiary/aromatic N) is 2.